The lowest BCUT2D eigenvalue weighted by atomic mass is 10.2. The molecule has 0 heterocycles. The summed E-state index contributed by atoms with van der Waals surface area (Å²) in [7, 11) is 0. The minimum atomic E-state index is -0.703. The fourth-order valence-electron chi connectivity index (χ4n) is 1.77. The molecule has 0 saturated heterocycles. The van der Waals surface area contributed by atoms with E-state index in [1.807, 2.05) is 13.8 Å². The van der Waals surface area contributed by atoms with Crippen LogP contribution in [0, 0.1) is 11.6 Å². The molecule has 0 aromatic heterocycles. The fourth-order valence-corrected chi connectivity index (χ4v) is 2.12. The number of nitrogen functional groups attached to an aromatic ring is 1. The summed E-state index contributed by atoms with van der Waals surface area (Å²) >= 11 is 3.02. The van der Waals surface area contributed by atoms with Gasteiger partial charge in [-0.2, -0.15) is 0 Å². The van der Waals surface area contributed by atoms with Crippen LogP contribution in [0.4, 0.5) is 25.8 Å². The van der Waals surface area contributed by atoms with Crippen LogP contribution in [0.2, 0.25) is 0 Å². The Morgan fingerprint density at radius 2 is 1.86 bits per heavy atom. The van der Waals surface area contributed by atoms with Gasteiger partial charge in [-0.05, 0) is 48.0 Å². The van der Waals surface area contributed by atoms with Gasteiger partial charge in [-0.25, -0.2) is 8.78 Å². The number of rotatable bonds is 4. The van der Waals surface area contributed by atoms with E-state index in [2.05, 4.69) is 21.2 Å². The molecule has 0 radical (unpaired) electrons. The van der Waals surface area contributed by atoms with Crippen molar-refractivity contribution in [1.82, 2.24) is 0 Å². The van der Waals surface area contributed by atoms with E-state index in [1.165, 1.54) is 6.07 Å². The molecular weight excluding hydrogens is 342 g/mol. The van der Waals surface area contributed by atoms with Gasteiger partial charge in [-0.15, -0.1) is 0 Å². The van der Waals surface area contributed by atoms with Crippen LogP contribution in [-0.2, 0) is 0 Å². The Kier molecular flexibility index (Phi) is 4.67. The van der Waals surface area contributed by atoms with Crippen LogP contribution in [-0.4, -0.2) is 6.10 Å². The predicted molar refractivity (Wildman–Crippen MR) is 84.0 cm³/mol. The van der Waals surface area contributed by atoms with Gasteiger partial charge in [0.05, 0.1) is 27.6 Å². The standard InChI is InChI=1S/C15H15BrF2N2O/c1-8(2)21-14-5-3-4-12(15(14)19)20-13-6-9(16)10(17)7-11(13)18/h3-8,20H,19H2,1-2H3. The number of benzene rings is 2. The van der Waals surface area contributed by atoms with Crippen molar-refractivity contribution in [3.05, 3.63) is 46.4 Å². The van der Waals surface area contributed by atoms with Gasteiger partial charge < -0.3 is 15.8 Å². The van der Waals surface area contributed by atoms with Gasteiger partial charge in [0.1, 0.15) is 17.4 Å². The van der Waals surface area contributed by atoms with Crippen molar-refractivity contribution in [3.63, 3.8) is 0 Å². The Hall–Kier alpha value is -1.82. The lowest BCUT2D eigenvalue weighted by molar-refractivity contribution is 0.244. The molecular formula is C15H15BrF2N2O. The van der Waals surface area contributed by atoms with E-state index in [4.69, 9.17) is 10.5 Å². The van der Waals surface area contributed by atoms with Crippen molar-refractivity contribution < 1.29 is 13.5 Å². The number of para-hydroxylation sites is 1. The summed E-state index contributed by atoms with van der Waals surface area (Å²) in [4.78, 5) is 0. The monoisotopic (exact) mass is 356 g/mol. The van der Waals surface area contributed by atoms with Crippen LogP contribution < -0.4 is 15.8 Å². The highest BCUT2D eigenvalue weighted by atomic mass is 79.9. The minimum absolute atomic E-state index is 0.0285. The smallest absolute Gasteiger partial charge is 0.149 e. The molecule has 0 aliphatic heterocycles. The summed E-state index contributed by atoms with van der Waals surface area (Å²) in [6.45, 7) is 3.77. The second-order valence-corrected chi connectivity index (χ2v) is 5.61. The molecule has 21 heavy (non-hydrogen) atoms. The molecule has 0 aliphatic carbocycles. The molecule has 0 saturated carbocycles. The topological polar surface area (TPSA) is 47.3 Å². The van der Waals surface area contributed by atoms with E-state index in [0.29, 0.717) is 17.1 Å². The highest BCUT2D eigenvalue weighted by molar-refractivity contribution is 9.10. The van der Waals surface area contributed by atoms with E-state index >= 15 is 0 Å². The second kappa shape index (κ2) is 6.30. The van der Waals surface area contributed by atoms with Crippen LogP contribution >= 0.6 is 15.9 Å². The Morgan fingerprint density at radius 1 is 1.14 bits per heavy atom. The van der Waals surface area contributed by atoms with Gasteiger partial charge >= 0.3 is 0 Å². The molecule has 3 nitrogen and oxygen atoms in total. The third kappa shape index (κ3) is 3.64. The lowest BCUT2D eigenvalue weighted by Crippen LogP contribution is -2.08. The SMILES string of the molecule is CC(C)Oc1cccc(Nc2cc(Br)c(F)cc2F)c1N. The molecule has 0 atom stereocenters. The Bertz CT molecular complexity index is 662. The van der Waals surface area contributed by atoms with Crippen molar-refractivity contribution in [2.75, 3.05) is 11.1 Å². The maximum atomic E-state index is 13.8. The van der Waals surface area contributed by atoms with E-state index in [0.717, 1.165) is 6.07 Å². The molecule has 0 unspecified atom stereocenters. The average Bonchev–Trinajstić information content (AvgIpc) is 2.40. The first-order chi connectivity index (χ1) is 9.88. The second-order valence-electron chi connectivity index (χ2n) is 4.76. The molecule has 6 heteroatoms. The van der Waals surface area contributed by atoms with Crippen LogP contribution in [0.1, 0.15) is 13.8 Å². The molecule has 0 aliphatic rings. The number of anilines is 3. The van der Waals surface area contributed by atoms with Crippen LogP contribution in [0.5, 0.6) is 5.75 Å². The van der Waals surface area contributed by atoms with Gasteiger partial charge in [-0.1, -0.05) is 6.07 Å². The van der Waals surface area contributed by atoms with Crippen molar-refractivity contribution >= 4 is 33.0 Å². The lowest BCUT2D eigenvalue weighted by Gasteiger charge is -2.16. The van der Waals surface area contributed by atoms with Gasteiger partial charge in [0, 0.05) is 6.07 Å². The number of ether oxygens (including phenoxy) is 1. The Labute approximate surface area is 130 Å². The summed E-state index contributed by atoms with van der Waals surface area (Å²) in [6, 6.07) is 7.29. The van der Waals surface area contributed by atoms with Gasteiger partial charge in [0.15, 0.2) is 0 Å². The number of nitrogens with two attached hydrogens (primary N) is 1. The molecule has 112 valence electrons. The molecule has 2 aromatic rings. The number of hydrogen-bond acceptors (Lipinski definition) is 3. The van der Waals surface area contributed by atoms with Gasteiger partial charge in [0.25, 0.3) is 0 Å². The summed E-state index contributed by atoms with van der Waals surface area (Å²) in [5, 5.41) is 2.85. The molecule has 2 aromatic carbocycles. The van der Waals surface area contributed by atoms with Crippen molar-refractivity contribution in [1.29, 1.82) is 0 Å². The third-order valence-corrected chi connectivity index (χ3v) is 3.32. The van der Waals surface area contributed by atoms with Crippen molar-refractivity contribution in [2.24, 2.45) is 0 Å². The number of halogens is 3. The highest BCUT2D eigenvalue weighted by Crippen LogP contribution is 2.34. The van der Waals surface area contributed by atoms with E-state index in [9.17, 15) is 8.78 Å². The Balaban J connectivity index is 2.34. The van der Waals surface area contributed by atoms with Crippen LogP contribution in [0.25, 0.3) is 0 Å². The molecule has 0 bridgehead atoms. The summed E-state index contributed by atoms with van der Waals surface area (Å²) in [5.74, 6) is -0.857. The third-order valence-electron chi connectivity index (χ3n) is 2.71. The zero-order valence-electron chi connectivity index (χ0n) is 11.6. The summed E-state index contributed by atoms with van der Waals surface area (Å²) in [5.41, 5.74) is 6.98. The molecule has 3 N–H and O–H groups in total. The van der Waals surface area contributed by atoms with Crippen LogP contribution in [0.15, 0.2) is 34.8 Å². The van der Waals surface area contributed by atoms with Gasteiger partial charge in [-0.3, -0.25) is 0 Å². The van der Waals surface area contributed by atoms with Crippen molar-refractivity contribution in [2.45, 2.75) is 20.0 Å². The quantitative estimate of drug-likeness (QED) is 0.608. The highest BCUT2D eigenvalue weighted by Gasteiger charge is 2.12. The summed E-state index contributed by atoms with van der Waals surface area (Å²) in [6.07, 6.45) is -0.0285. The molecule has 0 amide bonds. The van der Waals surface area contributed by atoms with E-state index in [-0.39, 0.29) is 16.3 Å². The normalized spacial score (nSPS) is 10.8. The average molecular weight is 357 g/mol. The predicted octanol–water partition coefficient (Wildman–Crippen LogP) is 4.84. The fraction of sp³-hybridized carbons (Fsp3) is 0.200. The minimum Gasteiger partial charge on any atom is -0.489 e. The van der Waals surface area contributed by atoms with Crippen LogP contribution in [0.3, 0.4) is 0 Å². The first-order valence-electron chi connectivity index (χ1n) is 6.35. The first-order valence-corrected chi connectivity index (χ1v) is 7.14. The number of hydrogen-bond donors (Lipinski definition) is 2. The zero-order valence-corrected chi connectivity index (χ0v) is 13.2. The maximum absolute atomic E-state index is 13.8. The summed E-state index contributed by atoms with van der Waals surface area (Å²) < 4.78 is 32.7. The molecule has 0 fully saturated rings. The molecule has 2 rings (SSSR count). The number of nitrogens with one attached hydrogen (secondary N) is 1. The maximum Gasteiger partial charge on any atom is 0.149 e. The van der Waals surface area contributed by atoms with Gasteiger partial charge in [0.2, 0.25) is 0 Å². The largest absolute Gasteiger partial charge is 0.489 e. The zero-order chi connectivity index (χ0) is 15.6. The molecule has 0 spiro atoms. The Morgan fingerprint density at radius 3 is 2.52 bits per heavy atom. The van der Waals surface area contributed by atoms with E-state index < -0.39 is 11.6 Å². The van der Waals surface area contributed by atoms with Crippen molar-refractivity contribution in [3.8, 4) is 5.75 Å². The van der Waals surface area contributed by atoms with E-state index in [1.54, 1.807) is 18.2 Å². The first kappa shape index (κ1) is 15.6.